The van der Waals surface area contributed by atoms with Crippen molar-refractivity contribution in [2.75, 3.05) is 11.1 Å². The maximum Gasteiger partial charge on any atom is 0.293 e. The maximum absolute atomic E-state index is 12.1. The number of rotatable bonds is 6. The molecular weight excluding hydrogens is 362 g/mol. The Morgan fingerprint density at radius 3 is 3.00 bits per heavy atom. The highest BCUT2D eigenvalue weighted by Gasteiger charge is 2.16. The van der Waals surface area contributed by atoms with E-state index in [0.29, 0.717) is 11.0 Å². The van der Waals surface area contributed by atoms with Gasteiger partial charge in [-0.2, -0.15) is 0 Å². The Hall–Kier alpha value is -2.72. The lowest BCUT2D eigenvalue weighted by Gasteiger charge is -2.05. The lowest BCUT2D eigenvalue weighted by Crippen LogP contribution is -2.15. The van der Waals surface area contributed by atoms with E-state index in [9.17, 15) is 14.9 Å². The van der Waals surface area contributed by atoms with Crippen LogP contribution in [0, 0.1) is 17.0 Å². The van der Waals surface area contributed by atoms with Crippen molar-refractivity contribution in [3.8, 4) is 10.7 Å². The predicted octanol–water partition coefficient (Wildman–Crippen LogP) is 3.48. The third-order valence-corrected chi connectivity index (χ3v) is 4.90. The number of thiophene rings is 1. The zero-order chi connectivity index (χ0) is 17.8. The Balaban J connectivity index is 1.61. The summed E-state index contributed by atoms with van der Waals surface area (Å²) in [6.45, 7) is 1.75. The second-order valence-corrected chi connectivity index (χ2v) is 6.95. The van der Waals surface area contributed by atoms with Crippen LogP contribution in [0.1, 0.15) is 5.56 Å². The van der Waals surface area contributed by atoms with Crippen molar-refractivity contribution in [3.05, 3.63) is 51.4 Å². The number of hydrogen-bond acceptors (Lipinski definition) is 7. The lowest BCUT2D eigenvalue weighted by atomic mass is 10.2. The average Bonchev–Trinajstić information content (AvgIpc) is 3.25. The normalized spacial score (nSPS) is 10.6. The van der Waals surface area contributed by atoms with E-state index in [4.69, 9.17) is 0 Å². The van der Waals surface area contributed by atoms with Gasteiger partial charge in [0.25, 0.3) is 5.69 Å². The Morgan fingerprint density at radius 1 is 1.44 bits per heavy atom. The lowest BCUT2D eigenvalue weighted by molar-refractivity contribution is -0.384. The Morgan fingerprint density at radius 2 is 2.28 bits per heavy atom. The maximum atomic E-state index is 12.1. The van der Waals surface area contributed by atoms with E-state index in [2.05, 4.69) is 20.5 Å². The van der Waals surface area contributed by atoms with Gasteiger partial charge in [0.1, 0.15) is 5.69 Å². The molecule has 0 aliphatic heterocycles. The molecule has 3 rings (SSSR count). The number of nitro groups is 1. The van der Waals surface area contributed by atoms with E-state index in [1.807, 2.05) is 17.5 Å². The van der Waals surface area contributed by atoms with Crippen LogP contribution in [-0.2, 0) is 4.79 Å². The predicted molar refractivity (Wildman–Crippen MR) is 96.9 cm³/mol. The molecule has 0 atom stereocenters. The number of aromatic amines is 1. The number of nitrogens with zero attached hydrogens (tertiary/aromatic N) is 3. The second-order valence-electron chi connectivity index (χ2n) is 5.06. The van der Waals surface area contributed by atoms with Gasteiger partial charge in [-0.05, 0) is 30.0 Å². The molecule has 10 heteroatoms. The molecule has 0 unspecified atom stereocenters. The molecule has 0 radical (unpaired) electrons. The summed E-state index contributed by atoms with van der Waals surface area (Å²) in [4.78, 5) is 27.9. The summed E-state index contributed by atoms with van der Waals surface area (Å²) in [5.41, 5.74) is 0.799. The van der Waals surface area contributed by atoms with Crippen LogP contribution in [0.3, 0.4) is 0 Å². The first kappa shape index (κ1) is 17.1. The van der Waals surface area contributed by atoms with Gasteiger partial charge < -0.3 is 5.32 Å². The SMILES string of the molecule is Cc1ccc(NC(=O)CSc2n[nH]c(-c3cccs3)n2)c([N+](=O)[O-])c1. The average molecular weight is 375 g/mol. The number of aryl methyl sites for hydroxylation is 1. The third-order valence-electron chi connectivity index (χ3n) is 3.18. The number of carbonyl (C=O) groups excluding carboxylic acids is 1. The van der Waals surface area contributed by atoms with Crippen molar-refractivity contribution in [3.63, 3.8) is 0 Å². The molecule has 25 heavy (non-hydrogen) atoms. The third kappa shape index (κ3) is 4.22. The smallest absolute Gasteiger partial charge is 0.293 e. The van der Waals surface area contributed by atoms with E-state index in [0.717, 1.165) is 22.2 Å². The zero-order valence-corrected chi connectivity index (χ0v) is 14.7. The van der Waals surface area contributed by atoms with Crippen LogP contribution in [-0.4, -0.2) is 31.8 Å². The summed E-state index contributed by atoms with van der Waals surface area (Å²) in [7, 11) is 0. The molecule has 0 aliphatic carbocycles. The van der Waals surface area contributed by atoms with Gasteiger partial charge in [0.15, 0.2) is 5.82 Å². The number of hydrogen-bond donors (Lipinski definition) is 2. The minimum Gasteiger partial charge on any atom is -0.320 e. The van der Waals surface area contributed by atoms with Crippen LogP contribution in [0.2, 0.25) is 0 Å². The fraction of sp³-hybridized carbons (Fsp3) is 0.133. The molecule has 0 saturated carbocycles. The molecule has 2 N–H and O–H groups in total. The van der Waals surface area contributed by atoms with Gasteiger partial charge in [-0.25, -0.2) is 4.98 Å². The minimum atomic E-state index is -0.516. The number of thioether (sulfide) groups is 1. The Labute approximate surface area is 150 Å². The molecule has 0 bridgehead atoms. The quantitative estimate of drug-likeness (QED) is 0.387. The largest absolute Gasteiger partial charge is 0.320 e. The summed E-state index contributed by atoms with van der Waals surface area (Å²) in [6, 6.07) is 8.49. The highest BCUT2D eigenvalue weighted by Crippen LogP contribution is 2.26. The van der Waals surface area contributed by atoms with Gasteiger partial charge >= 0.3 is 0 Å². The summed E-state index contributed by atoms with van der Waals surface area (Å²) in [6.07, 6.45) is 0. The number of amides is 1. The van der Waals surface area contributed by atoms with Gasteiger partial charge in [0.2, 0.25) is 11.1 Å². The minimum absolute atomic E-state index is 0.0484. The molecule has 2 heterocycles. The van der Waals surface area contributed by atoms with Crippen LogP contribution in [0.4, 0.5) is 11.4 Å². The van der Waals surface area contributed by atoms with Crippen LogP contribution < -0.4 is 5.32 Å². The highest BCUT2D eigenvalue weighted by atomic mass is 32.2. The Bertz CT molecular complexity index is 908. The Kier molecular flexibility index (Phi) is 5.10. The van der Waals surface area contributed by atoms with E-state index in [1.54, 1.807) is 13.0 Å². The van der Waals surface area contributed by atoms with Crippen molar-refractivity contribution < 1.29 is 9.72 Å². The fourth-order valence-electron chi connectivity index (χ4n) is 2.05. The zero-order valence-electron chi connectivity index (χ0n) is 13.1. The number of carbonyl (C=O) groups is 1. The van der Waals surface area contributed by atoms with E-state index in [-0.39, 0.29) is 23.0 Å². The van der Waals surface area contributed by atoms with Crippen LogP contribution in [0.5, 0.6) is 0 Å². The number of benzene rings is 1. The topological polar surface area (TPSA) is 114 Å². The molecule has 8 nitrogen and oxygen atoms in total. The number of aromatic nitrogens is 3. The molecular formula is C15H13N5O3S2. The summed E-state index contributed by atoms with van der Waals surface area (Å²) < 4.78 is 0. The molecule has 2 aromatic heterocycles. The molecule has 128 valence electrons. The van der Waals surface area contributed by atoms with Crippen molar-refractivity contribution in [2.45, 2.75) is 12.1 Å². The number of H-pyrrole nitrogens is 1. The summed E-state index contributed by atoms with van der Waals surface area (Å²) in [5.74, 6) is 0.332. The first-order valence-electron chi connectivity index (χ1n) is 7.17. The molecule has 1 amide bonds. The van der Waals surface area contributed by atoms with Crippen molar-refractivity contribution in [1.29, 1.82) is 0 Å². The monoisotopic (exact) mass is 375 g/mol. The van der Waals surface area contributed by atoms with E-state index < -0.39 is 4.92 Å². The number of nitro benzene ring substituents is 1. The van der Waals surface area contributed by atoms with Crippen LogP contribution >= 0.6 is 23.1 Å². The fourth-order valence-corrected chi connectivity index (χ4v) is 3.31. The van der Waals surface area contributed by atoms with Gasteiger partial charge in [-0.3, -0.25) is 20.0 Å². The summed E-state index contributed by atoms with van der Waals surface area (Å²) in [5, 5.41) is 22.9. The second kappa shape index (κ2) is 7.45. The highest BCUT2D eigenvalue weighted by molar-refractivity contribution is 7.99. The standard InChI is InChI=1S/C15H13N5O3S2/c1-9-4-5-10(11(7-9)20(22)23)16-13(21)8-25-15-17-14(18-19-15)12-3-2-6-24-12/h2-7H,8H2,1H3,(H,16,21)(H,17,18,19). The molecule has 0 spiro atoms. The first-order chi connectivity index (χ1) is 12.0. The van der Waals surface area contributed by atoms with Gasteiger partial charge in [0.05, 0.1) is 15.6 Å². The molecule has 3 aromatic rings. The van der Waals surface area contributed by atoms with Crippen molar-refractivity contribution in [2.24, 2.45) is 0 Å². The molecule has 0 fully saturated rings. The van der Waals surface area contributed by atoms with Gasteiger partial charge in [-0.1, -0.05) is 23.9 Å². The van der Waals surface area contributed by atoms with Crippen LogP contribution in [0.15, 0.2) is 40.9 Å². The van der Waals surface area contributed by atoms with E-state index in [1.165, 1.54) is 23.5 Å². The molecule has 0 aliphatic rings. The van der Waals surface area contributed by atoms with Crippen molar-refractivity contribution in [1.82, 2.24) is 15.2 Å². The van der Waals surface area contributed by atoms with Gasteiger partial charge in [0, 0.05) is 6.07 Å². The first-order valence-corrected chi connectivity index (χ1v) is 9.03. The summed E-state index contributed by atoms with van der Waals surface area (Å²) >= 11 is 2.69. The van der Waals surface area contributed by atoms with Crippen LogP contribution in [0.25, 0.3) is 10.7 Å². The molecule has 0 saturated heterocycles. The van der Waals surface area contributed by atoms with Gasteiger partial charge in [-0.15, -0.1) is 16.4 Å². The van der Waals surface area contributed by atoms with E-state index >= 15 is 0 Å². The number of anilines is 1. The number of nitrogens with one attached hydrogen (secondary N) is 2. The van der Waals surface area contributed by atoms with Crippen molar-refractivity contribution >= 4 is 40.4 Å². The molecule has 1 aromatic carbocycles.